The molecule has 0 amide bonds. The van der Waals surface area contributed by atoms with Gasteiger partial charge >= 0.3 is 0 Å². The maximum absolute atomic E-state index is 6.11. The molecule has 0 aromatic heterocycles. The van der Waals surface area contributed by atoms with Crippen LogP contribution in [0.1, 0.15) is 34.1 Å². The van der Waals surface area contributed by atoms with Gasteiger partial charge in [-0.1, -0.05) is 19.6 Å². The summed E-state index contributed by atoms with van der Waals surface area (Å²) < 4.78 is 5.74. The summed E-state index contributed by atoms with van der Waals surface area (Å²) in [7, 11) is 0. The first-order valence-corrected chi connectivity index (χ1v) is 6.90. The van der Waals surface area contributed by atoms with Gasteiger partial charge in [-0.05, 0) is 45.2 Å². The van der Waals surface area contributed by atoms with E-state index in [1.54, 1.807) is 0 Å². The highest BCUT2D eigenvalue weighted by atomic mass is 16.5. The molecular weight excluding hydrogens is 224 g/mol. The predicted molar refractivity (Wildman–Crippen MR) is 77.3 cm³/mol. The fourth-order valence-corrected chi connectivity index (χ4v) is 2.51. The van der Waals surface area contributed by atoms with Gasteiger partial charge in [0.2, 0.25) is 0 Å². The van der Waals surface area contributed by atoms with Gasteiger partial charge in [0.25, 0.3) is 0 Å². The molecule has 1 saturated heterocycles. The number of morpholine rings is 1. The van der Waals surface area contributed by atoms with Gasteiger partial charge in [-0.25, -0.2) is 0 Å². The summed E-state index contributed by atoms with van der Waals surface area (Å²) in [6.45, 7) is 15.4. The highest BCUT2D eigenvalue weighted by Gasteiger charge is 2.22. The highest BCUT2D eigenvalue weighted by molar-refractivity contribution is 5.21. The lowest BCUT2D eigenvalue weighted by Gasteiger charge is -2.35. The smallest absolute Gasteiger partial charge is 0.0678 e. The van der Waals surface area contributed by atoms with Crippen LogP contribution in [0, 0.1) is 5.92 Å². The van der Waals surface area contributed by atoms with Crippen LogP contribution in [-0.4, -0.2) is 36.7 Å². The average molecular weight is 252 g/mol. The molecule has 1 fully saturated rings. The van der Waals surface area contributed by atoms with Crippen LogP contribution in [0.25, 0.3) is 0 Å². The van der Waals surface area contributed by atoms with Crippen molar-refractivity contribution in [1.29, 1.82) is 0 Å². The molecular formula is C15H28N2O. The molecule has 3 heteroatoms. The van der Waals surface area contributed by atoms with E-state index < -0.39 is 0 Å². The molecule has 3 atom stereocenters. The zero-order valence-corrected chi connectivity index (χ0v) is 12.3. The summed E-state index contributed by atoms with van der Waals surface area (Å²) in [6, 6.07) is 0. The van der Waals surface area contributed by atoms with Crippen LogP contribution < -0.4 is 5.73 Å². The molecule has 18 heavy (non-hydrogen) atoms. The molecule has 0 bridgehead atoms. The van der Waals surface area contributed by atoms with Crippen LogP contribution in [-0.2, 0) is 4.74 Å². The van der Waals surface area contributed by atoms with Gasteiger partial charge in [0, 0.05) is 18.8 Å². The molecule has 0 aromatic carbocycles. The third-order valence-corrected chi connectivity index (χ3v) is 3.67. The Morgan fingerprint density at radius 1 is 1.44 bits per heavy atom. The lowest BCUT2D eigenvalue weighted by atomic mass is 9.99. The maximum atomic E-state index is 6.11. The van der Waals surface area contributed by atoms with Crippen LogP contribution in [0.5, 0.6) is 0 Å². The standard InChI is InChI=1S/C15H28N2O/c1-6-11(2)15(16)12(3)7-8-17-9-13(4)18-14(5)10-17/h6,12-14H,1,7-10,16H2,2-5H3/b15-11+. The minimum absolute atomic E-state index is 0.340. The first kappa shape index (κ1) is 15.3. The molecule has 1 rings (SSSR count). The minimum atomic E-state index is 0.340. The molecule has 1 heterocycles. The van der Waals surface area contributed by atoms with Crippen molar-refractivity contribution in [2.75, 3.05) is 19.6 Å². The van der Waals surface area contributed by atoms with E-state index >= 15 is 0 Å². The Hall–Kier alpha value is -0.800. The summed E-state index contributed by atoms with van der Waals surface area (Å²) in [6.07, 6.45) is 3.61. The second kappa shape index (κ2) is 6.95. The van der Waals surface area contributed by atoms with Crippen LogP contribution in [0.4, 0.5) is 0 Å². The van der Waals surface area contributed by atoms with E-state index in [2.05, 4.69) is 32.3 Å². The van der Waals surface area contributed by atoms with Crippen LogP contribution in [0.15, 0.2) is 23.9 Å². The van der Waals surface area contributed by atoms with Gasteiger partial charge in [0.05, 0.1) is 12.2 Å². The first-order chi connectivity index (χ1) is 8.43. The normalized spacial score (nSPS) is 28.7. The quantitative estimate of drug-likeness (QED) is 0.764. The zero-order valence-electron chi connectivity index (χ0n) is 12.3. The highest BCUT2D eigenvalue weighted by Crippen LogP contribution is 2.17. The molecule has 3 nitrogen and oxygen atoms in total. The molecule has 0 aliphatic carbocycles. The minimum Gasteiger partial charge on any atom is -0.402 e. The molecule has 2 N–H and O–H groups in total. The number of rotatable bonds is 5. The van der Waals surface area contributed by atoms with Crippen LogP contribution >= 0.6 is 0 Å². The van der Waals surface area contributed by atoms with Gasteiger partial charge in [-0.3, -0.25) is 4.90 Å². The SMILES string of the molecule is C=C/C(C)=C(/N)C(C)CCN1CC(C)OC(C)C1. The van der Waals surface area contributed by atoms with E-state index in [-0.39, 0.29) is 0 Å². The molecule has 104 valence electrons. The van der Waals surface area contributed by atoms with E-state index in [4.69, 9.17) is 10.5 Å². The van der Waals surface area contributed by atoms with Crippen molar-refractivity contribution in [1.82, 2.24) is 4.90 Å². The number of hydrogen-bond acceptors (Lipinski definition) is 3. The Morgan fingerprint density at radius 3 is 2.50 bits per heavy atom. The predicted octanol–water partition coefficient (Wildman–Crippen LogP) is 2.54. The molecule has 0 aromatic rings. The van der Waals surface area contributed by atoms with Crippen molar-refractivity contribution >= 4 is 0 Å². The van der Waals surface area contributed by atoms with Gasteiger partial charge in [0.15, 0.2) is 0 Å². The molecule has 1 aliphatic heterocycles. The number of hydrogen-bond donors (Lipinski definition) is 1. The van der Waals surface area contributed by atoms with Gasteiger partial charge < -0.3 is 10.5 Å². The number of nitrogens with two attached hydrogens (primary N) is 1. The molecule has 0 spiro atoms. The average Bonchev–Trinajstić information content (AvgIpc) is 2.32. The van der Waals surface area contributed by atoms with E-state index in [0.717, 1.165) is 37.3 Å². The van der Waals surface area contributed by atoms with Crippen molar-refractivity contribution < 1.29 is 4.74 Å². The summed E-state index contributed by atoms with van der Waals surface area (Å²) in [5.41, 5.74) is 8.18. The maximum Gasteiger partial charge on any atom is 0.0678 e. The van der Waals surface area contributed by atoms with E-state index in [1.165, 1.54) is 0 Å². The van der Waals surface area contributed by atoms with Crippen LogP contribution in [0.3, 0.4) is 0 Å². The number of nitrogens with zero attached hydrogens (tertiary/aromatic N) is 1. The summed E-state index contributed by atoms with van der Waals surface area (Å²) in [4.78, 5) is 2.48. The van der Waals surface area contributed by atoms with E-state index in [1.807, 2.05) is 13.0 Å². The third kappa shape index (κ3) is 4.46. The van der Waals surface area contributed by atoms with E-state index in [9.17, 15) is 0 Å². The van der Waals surface area contributed by atoms with Crippen molar-refractivity contribution in [2.45, 2.75) is 46.3 Å². The topological polar surface area (TPSA) is 38.5 Å². The van der Waals surface area contributed by atoms with Crippen LogP contribution in [0.2, 0.25) is 0 Å². The first-order valence-electron chi connectivity index (χ1n) is 6.90. The fraction of sp³-hybridized carbons (Fsp3) is 0.733. The lowest BCUT2D eigenvalue weighted by Crippen LogP contribution is -2.46. The summed E-state index contributed by atoms with van der Waals surface area (Å²) in [5, 5.41) is 0. The lowest BCUT2D eigenvalue weighted by molar-refractivity contribution is -0.0686. The largest absolute Gasteiger partial charge is 0.402 e. The van der Waals surface area contributed by atoms with Crippen molar-refractivity contribution in [3.05, 3.63) is 23.9 Å². The van der Waals surface area contributed by atoms with Crippen molar-refractivity contribution in [2.24, 2.45) is 11.7 Å². The Balaban J connectivity index is 2.43. The third-order valence-electron chi connectivity index (χ3n) is 3.67. The molecule has 3 unspecified atom stereocenters. The van der Waals surface area contributed by atoms with Gasteiger partial charge in [0.1, 0.15) is 0 Å². The second-order valence-electron chi connectivity index (χ2n) is 5.55. The second-order valence-corrected chi connectivity index (χ2v) is 5.55. The molecule has 1 aliphatic rings. The number of ether oxygens (including phenoxy) is 1. The van der Waals surface area contributed by atoms with E-state index in [0.29, 0.717) is 18.1 Å². The Kier molecular flexibility index (Phi) is 5.89. The van der Waals surface area contributed by atoms with Crippen molar-refractivity contribution in [3.63, 3.8) is 0 Å². The monoisotopic (exact) mass is 252 g/mol. The Morgan fingerprint density at radius 2 is 2.00 bits per heavy atom. The summed E-state index contributed by atoms with van der Waals surface area (Å²) in [5.74, 6) is 0.413. The molecule has 0 radical (unpaired) electrons. The van der Waals surface area contributed by atoms with Gasteiger partial charge in [-0.2, -0.15) is 0 Å². The molecule has 0 saturated carbocycles. The number of allylic oxidation sites excluding steroid dienone is 3. The fourth-order valence-electron chi connectivity index (χ4n) is 2.51. The zero-order chi connectivity index (χ0) is 13.7. The van der Waals surface area contributed by atoms with Gasteiger partial charge in [-0.15, -0.1) is 0 Å². The summed E-state index contributed by atoms with van der Waals surface area (Å²) >= 11 is 0. The van der Waals surface area contributed by atoms with Crippen molar-refractivity contribution in [3.8, 4) is 0 Å². The Bertz CT molecular complexity index is 302. The Labute approximate surface area is 112 Å².